The van der Waals surface area contributed by atoms with E-state index >= 15 is 0 Å². The fourth-order valence-electron chi connectivity index (χ4n) is 4.62. The van der Waals surface area contributed by atoms with E-state index in [2.05, 4.69) is 11.8 Å². The predicted molar refractivity (Wildman–Crippen MR) is 119 cm³/mol. The molecule has 1 N–H and O–H groups in total. The average Bonchev–Trinajstić information content (AvgIpc) is 3.07. The number of carbonyl (C=O) groups excluding carboxylic acids is 1. The van der Waals surface area contributed by atoms with Crippen molar-refractivity contribution in [3.63, 3.8) is 0 Å². The summed E-state index contributed by atoms with van der Waals surface area (Å²) >= 11 is 0. The third-order valence-corrected chi connectivity index (χ3v) is 6.53. The molecule has 3 aliphatic heterocycles. The largest absolute Gasteiger partial charge is 0.507 e. The van der Waals surface area contributed by atoms with Crippen LogP contribution < -0.4 is 9.47 Å². The number of piperidine rings is 1. The average molecular weight is 418 g/mol. The molecule has 2 aromatic rings. The van der Waals surface area contributed by atoms with E-state index in [9.17, 15) is 9.90 Å². The molecule has 3 aliphatic rings. The molecule has 2 aromatic carbocycles. The van der Waals surface area contributed by atoms with Crippen LogP contribution >= 0.6 is 0 Å². The van der Waals surface area contributed by atoms with Crippen molar-refractivity contribution in [2.45, 2.75) is 51.8 Å². The summed E-state index contributed by atoms with van der Waals surface area (Å²) in [5.74, 6) is 1.61. The summed E-state index contributed by atoms with van der Waals surface area (Å²) in [4.78, 5) is 15.4. The lowest BCUT2D eigenvalue weighted by Gasteiger charge is -2.33. The van der Waals surface area contributed by atoms with E-state index in [1.165, 1.54) is 6.42 Å². The number of carbonyl (C=O) groups is 1. The van der Waals surface area contributed by atoms with Gasteiger partial charge in [-0.25, -0.2) is 0 Å². The highest BCUT2D eigenvalue weighted by molar-refractivity contribution is 6.13. The Balaban J connectivity index is 1.47. The number of benzene rings is 2. The van der Waals surface area contributed by atoms with Crippen molar-refractivity contribution in [1.82, 2.24) is 4.90 Å². The van der Waals surface area contributed by atoms with Crippen LogP contribution in [0.2, 0.25) is 0 Å². The van der Waals surface area contributed by atoms with E-state index in [1.54, 1.807) is 18.2 Å². The SMILES string of the molecule is C[C@H]1Oc2ccccc2C=C1/C=C1\Oc2c(ccc(O)c2CN2CCCC[C@@H]2C)C1=O. The fourth-order valence-corrected chi connectivity index (χ4v) is 4.62. The Morgan fingerprint density at radius 3 is 2.84 bits per heavy atom. The van der Waals surface area contributed by atoms with Crippen molar-refractivity contribution in [2.75, 3.05) is 6.54 Å². The van der Waals surface area contributed by atoms with E-state index in [0.29, 0.717) is 29.5 Å². The molecular formula is C26H27NO4. The molecule has 0 aromatic heterocycles. The molecule has 5 rings (SSSR count). The predicted octanol–water partition coefficient (Wildman–Crippen LogP) is 5.09. The number of aromatic hydroxyl groups is 1. The Labute approximate surface area is 182 Å². The minimum Gasteiger partial charge on any atom is -0.507 e. The highest BCUT2D eigenvalue weighted by Crippen LogP contribution is 2.41. The number of phenolic OH excluding ortho intramolecular Hbond substituents is 1. The molecule has 0 aliphatic carbocycles. The number of para-hydroxylation sites is 1. The summed E-state index contributed by atoms with van der Waals surface area (Å²) in [5, 5.41) is 10.6. The highest BCUT2D eigenvalue weighted by Gasteiger charge is 2.33. The van der Waals surface area contributed by atoms with Crippen LogP contribution in [0.4, 0.5) is 0 Å². The maximum absolute atomic E-state index is 13.1. The van der Waals surface area contributed by atoms with Gasteiger partial charge < -0.3 is 14.6 Å². The Bertz CT molecular complexity index is 1100. The molecular weight excluding hydrogens is 390 g/mol. The molecule has 5 nitrogen and oxygen atoms in total. The Kier molecular flexibility index (Phi) is 5.06. The van der Waals surface area contributed by atoms with Gasteiger partial charge in [0.2, 0.25) is 5.78 Å². The molecule has 5 heteroatoms. The van der Waals surface area contributed by atoms with Gasteiger partial charge in [-0.2, -0.15) is 0 Å². The van der Waals surface area contributed by atoms with Crippen LogP contribution in [0.25, 0.3) is 6.08 Å². The van der Waals surface area contributed by atoms with Crippen LogP contribution in [-0.4, -0.2) is 34.5 Å². The van der Waals surface area contributed by atoms with Gasteiger partial charge in [-0.15, -0.1) is 0 Å². The summed E-state index contributed by atoms with van der Waals surface area (Å²) in [6.07, 6.45) is 7.14. The van der Waals surface area contributed by atoms with Crippen LogP contribution in [0, 0.1) is 0 Å². The number of likely N-dealkylation sites (tertiary alicyclic amines) is 1. The first kappa shape index (κ1) is 19.9. The Hall–Kier alpha value is -3.05. The molecule has 2 atom stereocenters. The molecule has 31 heavy (non-hydrogen) atoms. The minimum absolute atomic E-state index is 0.157. The molecule has 1 fully saturated rings. The van der Waals surface area contributed by atoms with Gasteiger partial charge in [-0.05, 0) is 69.2 Å². The number of rotatable bonds is 3. The van der Waals surface area contributed by atoms with Crippen molar-refractivity contribution in [3.05, 3.63) is 70.5 Å². The Morgan fingerprint density at radius 2 is 2.00 bits per heavy atom. The third kappa shape index (κ3) is 3.63. The lowest BCUT2D eigenvalue weighted by Crippen LogP contribution is -2.36. The number of allylic oxidation sites excluding steroid dienone is 1. The minimum atomic E-state index is -0.190. The number of nitrogens with zero attached hydrogens (tertiary/aromatic N) is 1. The second-order valence-corrected chi connectivity index (χ2v) is 8.64. The first-order valence-corrected chi connectivity index (χ1v) is 11.0. The molecule has 0 saturated carbocycles. The molecule has 0 bridgehead atoms. The number of phenols is 1. The third-order valence-electron chi connectivity index (χ3n) is 6.53. The van der Waals surface area contributed by atoms with Crippen LogP contribution in [0.1, 0.15) is 54.6 Å². The topological polar surface area (TPSA) is 59.0 Å². The second-order valence-electron chi connectivity index (χ2n) is 8.64. The standard InChI is InChI=1S/C26H27NO4/c1-16-7-5-6-12-27(16)15-21-22(28)11-10-20-25(29)24(31-26(20)21)14-19-13-18-8-3-4-9-23(18)30-17(19)2/h3-4,8-11,13-14,16-17,28H,5-7,12,15H2,1-2H3/b24-14-/t16-,17+/m0/s1. The van der Waals surface area contributed by atoms with Gasteiger partial charge in [0.15, 0.2) is 5.76 Å². The van der Waals surface area contributed by atoms with Crippen molar-refractivity contribution >= 4 is 11.9 Å². The fraction of sp³-hybridized carbons (Fsp3) is 0.346. The normalized spacial score (nSPS) is 24.3. The van der Waals surface area contributed by atoms with Crippen molar-refractivity contribution in [2.24, 2.45) is 0 Å². The zero-order chi connectivity index (χ0) is 21.5. The molecule has 160 valence electrons. The number of hydrogen-bond acceptors (Lipinski definition) is 5. The number of hydrogen-bond donors (Lipinski definition) is 1. The van der Waals surface area contributed by atoms with Crippen molar-refractivity contribution in [1.29, 1.82) is 0 Å². The van der Waals surface area contributed by atoms with Gasteiger partial charge in [0.05, 0.1) is 11.1 Å². The monoisotopic (exact) mass is 417 g/mol. The molecule has 1 saturated heterocycles. The van der Waals surface area contributed by atoms with Crippen LogP contribution in [0.5, 0.6) is 17.2 Å². The maximum Gasteiger partial charge on any atom is 0.231 e. The molecule has 0 spiro atoms. The van der Waals surface area contributed by atoms with E-state index in [4.69, 9.17) is 9.47 Å². The number of Topliss-reactive ketones (excluding diaryl/α,β-unsaturated/α-hetero) is 1. The van der Waals surface area contributed by atoms with E-state index in [1.807, 2.05) is 37.3 Å². The number of ether oxygens (including phenoxy) is 2. The van der Waals surface area contributed by atoms with Gasteiger partial charge >= 0.3 is 0 Å². The summed E-state index contributed by atoms with van der Waals surface area (Å²) < 4.78 is 12.1. The van der Waals surface area contributed by atoms with Gasteiger partial charge in [0.1, 0.15) is 23.4 Å². The van der Waals surface area contributed by atoms with Crippen LogP contribution in [-0.2, 0) is 6.54 Å². The Morgan fingerprint density at radius 1 is 1.16 bits per heavy atom. The lowest BCUT2D eigenvalue weighted by atomic mass is 9.99. The summed E-state index contributed by atoms with van der Waals surface area (Å²) in [7, 11) is 0. The van der Waals surface area contributed by atoms with E-state index in [-0.39, 0.29) is 23.4 Å². The van der Waals surface area contributed by atoms with Crippen LogP contribution in [0.15, 0.2) is 53.8 Å². The van der Waals surface area contributed by atoms with Gasteiger partial charge in [0.25, 0.3) is 0 Å². The molecule has 0 amide bonds. The summed E-state index contributed by atoms with van der Waals surface area (Å²) in [6.45, 7) is 5.74. The van der Waals surface area contributed by atoms with E-state index in [0.717, 1.165) is 36.3 Å². The molecule has 0 unspecified atom stereocenters. The lowest BCUT2D eigenvalue weighted by molar-refractivity contribution is 0.101. The smallest absolute Gasteiger partial charge is 0.231 e. The summed E-state index contributed by atoms with van der Waals surface area (Å²) in [6, 6.07) is 11.5. The quantitative estimate of drug-likeness (QED) is 0.705. The van der Waals surface area contributed by atoms with E-state index < -0.39 is 0 Å². The van der Waals surface area contributed by atoms with Crippen molar-refractivity contribution in [3.8, 4) is 17.2 Å². The first-order chi connectivity index (χ1) is 15.0. The van der Waals surface area contributed by atoms with Gasteiger partial charge in [-0.3, -0.25) is 9.69 Å². The summed E-state index contributed by atoms with van der Waals surface area (Å²) in [5.41, 5.74) is 3.06. The highest BCUT2D eigenvalue weighted by atomic mass is 16.5. The molecule has 3 heterocycles. The number of ketones is 1. The maximum atomic E-state index is 13.1. The van der Waals surface area contributed by atoms with Gasteiger partial charge in [-0.1, -0.05) is 24.6 Å². The van der Waals surface area contributed by atoms with Crippen LogP contribution in [0.3, 0.4) is 0 Å². The second kappa shape index (κ2) is 7.89. The zero-order valence-electron chi connectivity index (χ0n) is 17.9. The van der Waals surface area contributed by atoms with Crippen molar-refractivity contribution < 1.29 is 19.4 Å². The first-order valence-electron chi connectivity index (χ1n) is 11.0. The zero-order valence-corrected chi connectivity index (χ0v) is 17.9. The number of fused-ring (bicyclic) bond motifs is 2. The van der Waals surface area contributed by atoms with Gasteiger partial charge in [0, 0.05) is 18.2 Å². The molecule has 0 radical (unpaired) electrons.